The smallest absolute Gasteiger partial charge is 0.326 e. The number of ether oxygens (including phenoxy) is 2. The molecule has 1 rings (SSSR count). The molecule has 0 radical (unpaired) electrons. The molecule has 0 saturated heterocycles. The summed E-state index contributed by atoms with van der Waals surface area (Å²) < 4.78 is 10.4. The van der Waals surface area contributed by atoms with Crippen LogP contribution in [0.15, 0.2) is 0 Å². The molecular weight excluding hydrogens is 206 g/mol. The largest absolute Gasteiger partial charge is 0.464 e. The minimum absolute atomic E-state index is 0.259. The molecule has 94 valence electrons. The van der Waals surface area contributed by atoms with Crippen molar-refractivity contribution in [2.75, 3.05) is 13.7 Å². The van der Waals surface area contributed by atoms with Gasteiger partial charge >= 0.3 is 5.97 Å². The molecule has 16 heavy (non-hydrogen) atoms. The van der Waals surface area contributed by atoms with E-state index >= 15 is 0 Å². The third-order valence-electron chi connectivity index (χ3n) is 3.36. The van der Waals surface area contributed by atoms with E-state index in [0.717, 1.165) is 12.8 Å². The first-order valence-electron chi connectivity index (χ1n) is 5.81. The van der Waals surface area contributed by atoms with Crippen molar-refractivity contribution in [3.8, 4) is 0 Å². The van der Waals surface area contributed by atoms with Crippen LogP contribution >= 0.6 is 0 Å². The summed E-state index contributed by atoms with van der Waals surface area (Å²) in [7, 11) is 1.65. The second-order valence-corrected chi connectivity index (χ2v) is 5.41. The lowest BCUT2D eigenvalue weighted by Gasteiger charge is -2.25. The zero-order valence-corrected chi connectivity index (χ0v) is 10.7. The Morgan fingerprint density at radius 2 is 1.94 bits per heavy atom. The Kier molecular flexibility index (Phi) is 3.97. The molecule has 0 aromatic heterocycles. The quantitative estimate of drug-likeness (QED) is 0.701. The molecule has 0 heterocycles. The number of nitrogens with two attached hydrogens (primary N) is 1. The number of carbonyl (C=O) groups excluding carboxylic acids is 1. The molecule has 0 aliphatic heterocycles. The van der Waals surface area contributed by atoms with Crippen molar-refractivity contribution in [1.82, 2.24) is 0 Å². The lowest BCUT2D eigenvalue weighted by Crippen LogP contribution is -2.48. The second-order valence-electron chi connectivity index (χ2n) is 5.41. The van der Waals surface area contributed by atoms with E-state index in [-0.39, 0.29) is 11.6 Å². The van der Waals surface area contributed by atoms with E-state index in [1.165, 1.54) is 0 Å². The van der Waals surface area contributed by atoms with Crippen molar-refractivity contribution in [3.05, 3.63) is 0 Å². The Balaban J connectivity index is 2.30. The first-order chi connectivity index (χ1) is 7.29. The van der Waals surface area contributed by atoms with Gasteiger partial charge in [0.2, 0.25) is 0 Å². The van der Waals surface area contributed by atoms with Gasteiger partial charge in [-0.2, -0.15) is 0 Å². The van der Waals surface area contributed by atoms with Crippen molar-refractivity contribution < 1.29 is 14.3 Å². The number of esters is 1. The van der Waals surface area contributed by atoms with Crippen molar-refractivity contribution in [1.29, 1.82) is 0 Å². The molecule has 2 N–H and O–H groups in total. The standard InChI is InChI=1S/C12H23NO3/c1-11(2,15-4)7-8-16-10(14)12(3,13)9-5-6-9/h9H,5-8,13H2,1-4H3. The monoisotopic (exact) mass is 229 g/mol. The highest BCUT2D eigenvalue weighted by Crippen LogP contribution is 2.38. The van der Waals surface area contributed by atoms with Gasteiger partial charge in [-0.3, -0.25) is 4.79 Å². The normalized spacial score (nSPS) is 20.3. The van der Waals surface area contributed by atoms with Gasteiger partial charge < -0.3 is 15.2 Å². The number of hydrogen-bond donors (Lipinski definition) is 1. The maximum atomic E-state index is 11.7. The summed E-state index contributed by atoms with van der Waals surface area (Å²) in [5, 5.41) is 0. The van der Waals surface area contributed by atoms with Gasteiger partial charge in [0.1, 0.15) is 5.54 Å². The van der Waals surface area contributed by atoms with Crippen LogP contribution in [0, 0.1) is 5.92 Å². The van der Waals surface area contributed by atoms with Gasteiger partial charge in [-0.1, -0.05) is 0 Å². The van der Waals surface area contributed by atoms with Crippen molar-refractivity contribution in [2.24, 2.45) is 11.7 Å². The summed E-state index contributed by atoms with van der Waals surface area (Å²) in [6.45, 7) is 6.04. The van der Waals surface area contributed by atoms with Gasteiger partial charge in [0.25, 0.3) is 0 Å². The van der Waals surface area contributed by atoms with Crippen LogP contribution in [0.4, 0.5) is 0 Å². The van der Waals surface area contributed by atoms with Crippen molar-refractivity contribution in [3.63, 3.8) is 0 Å². The fraction of sp³-hybridized carbons (Fsp3) is 0.917. The molecule has 0 amide bonds. The Morgan fingerprint density at radius 3 is 2.38 bits per heavy atom. The van der Waals surface area contributed by atoms with Crippen LogP contribution in [0.1, 0.15) is 40.0 Å². The van der Waals surface area contributed by atoms with Gasteiger partial charge in [-0.15, -0.1) is 0 Å². The molecule has 0 aromatic carbocycles. The molecule has 1 atom stereocenters. The fourth-order valence-electron chi connectivity index (χ4n) is 1.50. The van der Waals surface area contributed by atoms with Crippen LogP contribution in [0.2, 0.25) is 0 Å². The molecule has 1 aliphatic rings. The Bertz CT molecular complexity index is 257. The second kappa shape index (κ2) is 4.72. The Morgan fingerprint density at radius 1 is 1.38 bits per heavy atom. The van der Waals surface area contributed by atoms with E-state index in [4.69, 9.17) is 15.2 Å². The summed E-state index contributed by atoms with van der Waals surface area (Å²) >= 11 is 0. The zero-order valence-electron chi connectivity index (χ0n) is 10.7. The van der Waals surface area contributed by atoms with Gasteiger partial charge in [0.15, 0.2) is 0 Å². The summed E-state index contributed by atoms with van der Waals surface area (Å²) in [5.41, 5.74) is 4.87. The first-order valence-corrected chi connectivity index (χ1v) is 5.81. The third-order valence-corrected chi connectivity index (χ3v) is 3.36. The molecule has 1 unspecified atom stereocenters. The first kappa shape index (κ1) is 13.5. The maximum absolute atomic E-state index is 11.7. The summed E-state index contributed by atoms with van der Waals surface area (Å²) in [4.78, 5) is 11.7. The molecule has 1 fully saturated rings. The fourth-order valence-corrected chi connectivity index (χ4v) is 1.50. The summed E-state index contributed by atoms with van der Waals surface area (Å²) in [6.07, 6.45) is 2.74. The topological polar surface area (TPSA) is 61.5 Å². The molecule has 0 bridgehead atoms. The van der Waals surface area contributed by atoms with Crippen LogP contribution in [-0.2, 0) is 14.3 Å². The lowest BCUT2D eigenvalue weighted by molar-refractivity contribution is -0.151. The van der Waals surface area contributed by atoms with E-state index in [1.807, 2.05) is 13.8 Å². The summed E-state index contributed by atoms with van der Waals surface area (Å²) in [5.74, 6) is 0.0114. The van der Waals surface area contributed by atoms with Gasteiger partial charge in [-0.25, -0.2) is 0 Å². The zero-order chi connectivity index (χ0) is 12.4. The average molecular weight is 229 g/mol. The number of methoxy groups -OCH3 is 1. The molecular formula is C12H23NO3. The Hall–Kier alpha value is -0.610. The highest BCUT2D eigenvalue weighted by atomic mass is 16.5. The minimum Gasteiger partial charge on any atom is -0.464 e. The van der Waals surface area contributed by atoms with E-state index < -0.39 is 5.54 Å². The molecule has 1 saturated carbocycles. The van der Waals surface area contributed by atoms with Crippen LogP contribution in [-0.4, -0.2) is 30.8 Å². The van der Waals surface area contributed by atoms with Crippen LogP contribution in [0.3, 0.4) is 0 Å². The van der Waals surface area contributed by atoms with Gasteiger partial charge in [0, 0.05) is 13.5 Å². The van der Waals surface area contributed by atoms with E-state index in [1.54, 1.807) is 14.0 Å². The Labute approximate surface area is 97.5 Å². The molecule has 4 nitrogen and oxygen atoms in total. The number of rotatable bonds is 6. The molecule has 4 heteroatoms. The molecule has 0 aromatic rings. The maximum Gasteiger partial charge on any atom is 0.326 e. The van der Waals surface area contributed by atoms with E-state index in [9.17, 15) is 4.79 Å². The SMILES string of the molecule is COC(C)(C)CCOC(=O)C(C)(N)C1CC1. The van der Waals surface area contributed by atoms with E-state index in [0.29, 0.717) is 18.9 Å². The lowest BCUT2D eigenvalue weighted by atomic mass is 9.98. The highest BCUT2D eigenvalue weighted by molar-refractivity contribution is 5.80. The van der Waals surface area contributed by atoms with Crippen LogP contribution < -0.4 is 5.73 Å². The molecule has 1 aliphatic carbocycles. The van der Waals surface area contributed by atoms with E-state index in [2.05, 4.69) is 0 Å². The number of hydrogen-bond acceptors (Lipinski definition) is 4. The predicted molar refractivity (Wildman–Crippen MR) is 62.0 cm³/mol. The van der Waals surface area contributed by atoms with Gasteiger partial charge in [-0.05, 0) is 39.5 Å². The predicted octanol–water partition coefficient (Wildman–Crippen LogP) is 1.47. The molecule has 0 spiro atoms. The number of carbonyl (C=O) groups is 1. The highest BCUT2D eigenvalue weighted by Gasteiger charge is 2.45. The van der Waals surface area contributed by atoms with Crippen molar-refractivity contribution >= 4 is 5.97 Å². The third kappa shape index (κ3) is 3.46. The van der Waals surface area contributed by atoms with Crippen LogP contribution in [0.25, 0.3) is 0 Å². The average Bonchev–Trinajstić information content (AvgIpc) is 3.00. The van der Waals surface area contributed by atoms with Crippen LogP contribution in [0.5, 0.6) is 0 Å². The van der Waals surface area contributed by atoms with Gasteiger partial charge in [0.05, 0.1) is 12.2 Å². The summed E-state index contributed by atoms with van der Waals surface area (Å²) in [6, 6.07) is 0. The van der Waals surface area contributed by atoms with Crippen molar-refractivity contribution in [2.45, 2.75) is 51.2 Å². The minimum atomic E-state index is -0.808.